The summed E-state index contributed by atoms with van der Waals surface area (Å²) in [5.41, 5.74) is 0.568. The number of fused-ring (bicyclic) bond motifs is 2. The molecule has 0 saturated heterocycles. The fraction of sp³-hybridized carbons (Fsp3) is 0. The molecular weight excluding hydrogens is 303 g/mol. The van der Waals surface area contributed by atoms with Gasteiger partial charge in [-0.15, -0.1) is 0 Å². The average molecular weight is 310 g/mol. The predicted molar refractivity (Wildman–Crippen MR) is 68.1 cm³/mol. The lowest BCUT2D eigenvalue weighted by Crippen LogP contribution is -1.80. The fourth-order valence-electron chi connectivity index (χ4n) is 1.81. The Hall–Kier alpha value is -1.23. The molecule has 3 heteroatoms. The maximum Gasteiger partial charge on any atom is 0.177 e. The van der Waals surface area contributed by atoms with E-state index in [1.54, 1.807) is 6.26 Å². The van der Waals surface area contributed by atoms with Crippen LogP contribution in [-0.4, -0.2) is 5.11 Å². The minimum absolute atomic E-state index is 0.228. The molecule has 0 aliphatic rings. The summed E-state index contributed by atoms with van der Waals surface area (Å²) in [6, 6.07) is 9.66. The minimum atomic E-state index is 0.228. The lowest BCUT2D eigenvalue weighted by molar-refractivity contribution is 0.471. The lowest BCUT2D eigenvalue weighted by Gasteiger charge is -2.04. The summed E-state index contributed by atoms with van der Waals surface area (Å²) in [4.78, 5) is 0. The molecule has 0 unspecified atom stereocenters. The van der Waals surface area contributed by atoms with Crippen LogP contribution in [0.15, 0.2) is 41.0 Å². The molecule has 2 aromatic carbocycles. The summed E-state index contributed by atoms with van der Waals surface area (Å²) in [7, 11) is 0. The summed E-state index contributed by atoms with van der Waals surface area (Å²) in [5, 5.41) is 12.9. The van der Waals surface area contributed by atoms with Crippen molar-refractivity contribution in [3.63, 3.8) is 0 Å². The van der Waals surface area contributed by atoms with Gasteiger partial charge in [-0.1, -0.05) is 24.3 Å². The van der Waals surface area contributed by atoms with E-state index in [-0.39, 0.29) is 5.75 Å². The highest BCUT2D eigenvalue weighted by molar-refractivity contribution is 14.1. The molecule has 0 amide bonds. The highest BCUT2D eigenvalue weighted by Gasteiger charge is 2.12. The quantitative estimate of drug-likeness (QED) is 0.639. The Bertz CT molecular complexity index is 600. The molecule has 74 valence electrons. The molecule has 1 heterocycles. The van der Waals surface area contributed by atoms with E-state index in [1.807, 2.05) is 30.3 Å². The van der Waals surface area contributed by atoms with Crippen molar-refractivity contribution in [1.82, 2.24) is 0 Å². The van der Waals surface area contributed by atoms with Crippen molar-refractivity contribution in [2.24, 2.45) is 0 Å². The second-order valence-corrected chi connectivity index (χ2v) is 4.45. The predicted octanol–water partition coefficient (Wildman–Crippen LogP) is 3.90. The Morgan fingerprint density at radius 2 is 1.73 bits per heavy atom. The normalized spacial score (nSPS) is 11.3. The van der Waals surface area contributed by atoms with Crippen LogP contribution in [0.25, 0.3) is 21.7 Å². The highest BCUT2D eigenvalue weighted by atomic mass is 127. The van der Waals surface area contributed by atoms with Crippen molar-refractivity contribution in [2.75, 3.05) is 0 Å². The van der Waals surface area contributed by atoms with Crippen molar-refractivity contribution in [1.29, 1.82) is 0 Å². The van der Waals surface area contributed by atoms with E-state index in [1.165, 1.54) is 0 Å². The van der Waals surface area contributed by atoms with E-state index < -0.39 is 0 Å². The van der Waals surface area contributed by atoms with E-state index in [0.29, 0.717) is 5.58 Å². The Balaban J connectivity index is 2.69. The number of rotatable bonds is 0. The summed E-state index contributed by atoms with van der Waals surface area (Å²) >= 11 is 2.28. The monoisotopic (exact) mass is 310 g/mol. The molecule has 0 saturated carbocycles. The van der Waals surface area contributed by atoms with Gasteiger partial charge >= 0.3 is 0 Å². The van der Waals surface area contributed by atoms with E-state index in [2.05, 4.69) is 22.6 Å². The van der Waals surface area contributed by atoms with Gasteiger partial charge in [0.2, 0.25) is 0 Å². The van der Waals surface area contributed by atoms with Crippen LogP contribution in [0.4, 0.5) is 0 Å². The molecule has 0 fully saturated rings. The topological polar surface area (TPSA) is 33.4 Å². The third kappa shape index (κ3) is 1.16. The Kier molecular flexibility index (Phi) is 1.88. The van der Waals surface area contributed by atoms with E-state index in [4.69, 9.17) is 4.42 Å². The third-order valence-electron chi connectivity index (χ3n) is 2.54. The summed E-state index contributed by atoms with van der Waals surface area (Å²) < 4.78 is 6.40. The van der Waals surface area contributed by atoms with Gasteiger partial charge in [0.05, 0.1) is 6.26 Å². The van der Waals surface area contributed by atoms with Gasteiger partial charge in [-0.3, -0.25) is 0 Å². The molecule has 0 aliphatic carbocycles. The number of hydrogen-bond donors (Lipinski definition) is 1. The van der Waals surface area contributed by atoms with Gasteiger partial charge in [0.15, 0.2) is 11.3 Å². The Morgan fingerprint density at radius 1 is 1.00 bits per heavy atom. The third-order valence-corrected chi connectivity index (χ3v) is 3.70. The SMILES string of the molecule is Oc1c2ccccc2c(I)c2ccoc12. The first-order valence-corrected chi connectivity index (χ1v) is 5.63. The van der Waals surface area contributed by atoms with E-state index in [9.17, 15) is 5.11 Å². The lowest BCUT2D eigenvalue weighted by atomic mass is 10.1. The molecule has 3 aromatic rings. The van der Waals surface area contributed by atoms with Crippen LogP contribution in [-0.2, 0) is 0 Å². The van der Waals surface area contributed by atoms with Crippen molar-refractivity contribution in [3.05, 3.63) is 40.2 Å². The molecule has 0 radical (unpaired) electrons. The number of hydrogen-bond acceptors (Lipinski definition) is 2. The van der Waals surface area contributed by atoms with Crippen molar-refractivity contribution in [3.8, 4) is 5.75 Å². The number of furan rings is 1. The zero-order valence-corrected chi connectivity index (χ0v) is 9.86. The van der Waals surface area contributed by atoms with Gasteiger partial charge in [-0.25, -0.2) is 0 Å². The maximum atomic E-state index is 10.0. The van der Waals surface area contributed by atoms with Crippen molar-refractivity contribution in [2.45, 2.75) is 0 Å². The largest absolute Gasteiger partial charge is 0.504 e. The van der Waals surface area contributed by atoms with Gasteiger partial charge in [0, 0.05) is 14.3 Å². The van der Waals surface area contributed by atoms with Gasteiger partial charge in [0.25, 0.3) is 0 Å². The fourth-order valence-corrected chi connectivity index (χ4v) is 2.71. The van der Waals surface area contributed by atoms with Gasteiger partial charge in [-0.2, -0.15) is 0 Å². The van der Waals surface area contributed by atoms with Crippen LogP contribution < -0.4 is 0 Å². The molecular formula is C12H7IO2. The van der Waals surface area contributed by atoms with Crippen LogP contribution in [0.5, 0.6) is 5.75 Å². The van der Waals surface area contributed by atoms with Gasteiger partial charge < -0.3 is 9.52 Å². The number of benzene rings is 2. The Morgan fingerprint density at radius 3 is 2.53 bits per heavy atom. The van der Waals surface area contributed by atoms with E-state index in [0.717, 1.165) is 19.7 Å². The molecule has 0 aliphatic heterocycles. The first-order chi connectivity index (χ1) is 7.29. The first-order valence-electron chi connectivity index (χ1n) is 4.55. The second kappa shape index (κ2) is 3.13. The first kappa shape index (κ1) is 9.03. The molecule has 0 atom stereocenters. The number of phenols is 1. The molecule has 3 rings (SSSR count). The van der Waals surface area contributed by atoms with Gasteiger partial charge in [0.1, 0.15) is 0 Å². The Labute approximate surface area is 99.6 Å². The molecule has 0 bridgehead atoms. The molecule has 1 N–H and O–H groups in total. The summed E-state index contributed by atoms with van der Waals surface area (Å²) in [6.07, 6.45) is 1.60. The molecule has 2 nitrogen and oxygen atoms in total. The maximum absolute atomic E-state index is 10.0. The van der Waals surface area contributed by atoms with Crippen molar-refractivity contribution >= 4 is 44.3 Å². The summed E-state index contributed by atoms with van der Waals surface area (Å²) in [6.45, 7) is 0. The summed E-state index contributed by atoms with van der Waals surface area (Å²) in [5.74, 6) is 0.228. The molecule has 1 aromatic heterocycles. The number of halogens is 1. The van der Waals surface area contributed by atoms with E-state index >= 15 is 0 Å². The van der Waals surface area contributed by atoms with Crippen LogP contribution in [0.2, 0.25) is 0 Å². The minimum Gasteiger partial charge on any atom is -0.504 e. The van der Waals surface area contributed by atoms with Gasteiger partial charge in [-0.05, 0) is 34.0 Å². The second-order valence-electron chi connectivity index (χ2n) is 3.37. The smallest absolute Gasteiger partial charge is 0.177 e. The van der Waals surface area contributed by atoms with Crippen LogP contribution in [0, 0.1) is 3.57 Å². The zero-order chi connectivity index (χ0) is 10.4. The highest BCUT2D eigenvalue weighted by Crippen LogP contribution is 2.38. The molecule has 15 heavy (non-hydrogen) atoms. The average Bonchev–Trinajstić information content (AvgIpc) is 2.75. The van der Waals surface area contributed by atoms with Crippen molar-refractivity contribution < 1.29 is 9.52 Å². The van der Waals surface area contributed by atoms with Crippen LogP contribution in [0.3, 0.4) is 0 Å². The van der Waals surface area contributed by atoms with Crippen LogP contribution in [0.1, 0.15) is 0 Å². The van der Waals surface area contributed by atoms with Crippen LogP contribution >= 0.6 is 22.6 Å². The molecule has 0 spiro atoms. The number of aromatic hydroxyl groups is 1. The number of phenolic OH excluding ortho intramolecular Hbond substituents is 1. The standard InChI is InChI=1S/C12H7IO2/c13-10-7-3-1-2-4-8(7)11(14)12-9(10)5-6-15-12/h1-6,14H. The zero-order valence-electron chi connectivity index (χ0n) is 7.70.